The molecule has 112 valence electrons. The second-order valence-electron chi connectivity index (χ2n) is 4.57. The van der Waals surface area contributed by atoms with Crippen LogP contribution in [0.2, 0.25) is 0 Å². The van der Waals surface area contributed by atoms with Crippen LogP contribution in [-0.2, 0) is 0 Å². The number of allylic oxidation sites excluding steroid dienone is 7. The van der Waals surface area contributed by atoms with Crippen LogP contribution in [-0.4, -0.2) is 5.11 Å². The van der Waals surface area contributed by atoms with Crippen LogP contribution < -0.4 is 0 Å². The summed E-state index contributed by atoms with van der Waals surface area (Å²) in [4.78, 5) is 0. The quantitative estimate of drug-likeness (QED) is 0.418. The molecule has 0 aliphatic rings. The molecule has 1 heteroatoms. The van der Waals surface area contributed by atoms with Gasteiger partial charge in [0.1, 0.15) is 5.76 Å². The third-order valence-electron chi connectivity index (χ3n) is 2.47. The molecule has 1 N–H and O–H groups in total. The molecule has 0 aromatic heterocycles. The zero-order valence-electron chi connectivity index (χ0n) is 13.6. The fraction of sp³-hybridized carbons (Fsp3) is 0.368. The highest BCUT2D eigenvalue weighted by Crippen LogP contribution is 2.22. The summed E-state index contributed by atoms with van der Waals surface area (Å²) in [7, 11) is 0. The second-order valence-corrected chi connectivity index (χ2v) is 4.57. The van der Waals surface area contributed by atoms with E-state index in [1.165, 1.54) is 12.5 Å². The summed E-state index contributed by atoms with van der Waals surface area (Å²) in [6, 6.07) is 0. The number of hydrogen-bond donors (Lipinski definition) is 1. The summed E-state index contributed by atoms with van der Waals surface area (Å²) in [5.74, 6) is 0.0129. The van der Waals surface area contributed by atoms with E-state index >= 15 is 0 Å². The normalized spacial score (nSPS) is 10.7. The van der Waals surface area contributed by atoms with Gasteiger partial charge in [0.05, 0.1) is 0 Å². The summed E-state index contributed by atoms with van der Waals surface area (Å²) < 4.78 is 0. The Labute approximate surface area is 125 Å². The van der Waals surface area contributed by atoms with E-state index in [2.05, 4.69) is 60.1 Å². The van der Waals surface area contributed by atoms with Crippen molar-refractivity contribution in [2.24, 2.45) is 0 Å². The minimum Gasteiger partial charge on any atom is -0.509 e. The van der Waals surface area contributed by atoms with Gasteiger partial charge >= 0.3 is 0 Å². The van der Waals surface area contributed by atoms with Crippen molar-refractivity contribution in [3.63, 3.8) is 0 Å². The molecule has 0 bridgehead atoms. The molecule has 1 nitrogen and oxygen atoms in total. The highest BCUT2D eigenvalue weighted by Gasteiger charge is 2.03. The van der Waals surface area contributed by atoms with Gasteiger partial charge in [0.25, 0.3) is 0 Å². The van der Waals surface area contributed by atoms with Crippen LogP contribution in [0, 0.1) is 0 Å². The molecule has 0 radical (unpaired) electrons. The van der Waals surface area contributed by atoms with E-state index in [4.69, 9.17) is 5.11 Å². The van der Waals surface area contributed by atoms with Gasteiger partial charge in [-0.05, 0) is 35.6 Å². The molecule has 20 heavy (non-hydrogen) atoms. The predicted octanol–water partition coefficient (Wildman–Crippen LogP) is 6.45. The Balaban J connectivity index is 0. The number of aliphatic hydroxyl groups excluding tert-OH is 1. The molecular weight excluding hydrogens is 244 g/mol. The van der Waals surface area contributed by atoms with E-state index in [0.29, 0.717) is 0 Å². The molecule has 0 aromatic carbocycles. The Hall–Kier alpha value is -1.76. The van der Waals surface area contributed by atoms with E-state index in [-0.39, 0.29) is 5.76 Å². The zero-order valence-corrected chi connectivity index (χ0v) is 13.6. The molecule has 0 saturated carbocycles. The Morgan fingerprint density at radius 1 is 0.900 bits per heavy atom. The lowest BCUT2D eigenvalue weighted by Gasteiger charge is -2.10. The zero-order chi connectivity index (χ0) is 16.1. The minimum atomic E-state index is 0.0129. The molecule has 0 rings (SSSR count). The molecule has 0 heterocycles. The Bertz CT molecular complexity index is 405. The van der Waals surface area contributed by atoms with Crippen molar-refractivity contribution in [1.29, 1.82) is 0 Å². The topological polar surface area (TPSA) is 20.2 Å². The van der Waals surface area contributed by atoms with Gasteiger partial charge in [-0.2, -0.15) is 0 Å². The molecule has 0 aromatic rings. The first kappa shape index (κ1) is 20.6. The average molecular weight is 274 g/mol. The first-order valence-electron chi connectivity index (χ1n) is 7.16. The van der Waals surface area contributed by atoms with Gasteiger partial charge in [0.2, 0.25) is 0 Å². The summed E-state index contributed by atoms with van der Waals surface area (Å²) in [5, 5.41) is 8.98. The lowest BCUT2D eigenvalue weighted by atomic mass is 9.96. The summed E-state index contributed by atoms with van der Waals surface area (Å²) >= 11 is 0. The molecule has 0 aliphatic carbocycles. The van der Waals surface area contributed by atoms with Crippen molar-refractivity contribution in [2.75, 3.05) is 0 Å². The fourth-order valence-corrected chi connectivity index (χ4v) is 1.25. The first-order chi connectivity index (χ1) is 9.33. The molecule has 0 amide bonds. The Morgan fingerprint density at radius 2 is 1.40 bits per heavy atom. The van der Waals surface area contributed by atoms with Gasteiger partial charge in [-0.25, -0.2) is 0 Å². The van der Waals surface area contributed by atoms with Crippen LogP contribution in [0.4, 0.5) is 0 Å². The maximum Gasteiger partial charge on any atom is 0.108 e. The van der Waals surface area contributed by atoms with E-state index in [0.717, 1.165) is 35.1 Å². The van der Waals surface area contributed by atoms with Crippen molar-refractivity contribution in [3.8, 4) is 0 Å². The Kier molecular flexibility index (Phi) is 12.6. The second kappa shape index (κ2) is 12.3. The first-order valence-corrected chi connectivity index (χ1v) is 7.16. The van der Waals surface area contributed by atoms with Crippen molar-refractivity contribution in [2.45, 2.75) is 47.0 Å². The number of aliphatic hydroxyl groups is 1. The van der Waals surface area contributed by atoms with Gasteiger partial charge in [0.15, 0.2) is 0 Å². The van der Waals surface area contributed by atoms with Gasteiger partial charge in [-0.15, -0.1) is 0 Å². The van der Waals surface area contributed by atoms with Crippen LogP contribution in [0.25, 0.3) is 0 Å². The third-order valence-corrected chi connectivity index (χ3v) is 2.47. The lowest BCUT2D eigenvalue weighted by Crippen LogP contribution is -1.90. The third kappa shape index (κ3) is 10.2. The smallest absolute Gasteiger partial charge is 0.108 e. The molecule has 0 atom stereocenters. The van der Waals surface area contributed by atoms with Crippen LogP contribution in [0.1, 0.15) is 47.0 Å². The summed E-state index contributed by atoms with van der Waals surface area (Å²) in [5.41, 5.74) is 3.85. The van der Waals surface area contributed by atoms with Crippen molar-refractivity contribution >= 4 is 0 Å². The van der Waals surface area contributed by atoms with E-state index < -0.39 is 0 Å². The maximum absolute atomic E-state index is 8.98. The van der Waals surface area contributed by atoms with Gasteiger partial charge in [-0.3, -0.25) is 0 Å². The SMILES string of the molecule is C=C(O)/C=C\C(=C)C(=C)/C(=C\C(=C)CC)CC.CCC. The number of hydrogen-bond acceptors (Lipinski definition) is 1. The molecular formula is C19H30O. The average Bonchev–Trinajstić information content (AvgIpc) is 2.41. The highest BCUT2D eigenvalue weighted by molar-refractivity contribution is 5.50. The fourth-order valence-electron chi connectivity index (χ4n) is 1.25. The van der Waals surface area contributed by atoms with E-state index in [9.17, 15) is 0 Å². The highest BCUT2D eigenvalue weighted by atomic mass is 16.3. The Morgan fingerprint density at radius 3 is 1.75 bits per heavy atom. The van der Waals surface area contributed by atoms with Crippen LogP contribution in [0.15, 0.2) is 72.6 Å². The van der Waals surface area contributed by atoms with Gasteiger partial charge in [0, 0.05) is 0 Å². The molecule has 0 fully saturated rings. The largest absolute Gasteiger partial charge is 0.509 e. The molecule has 0 unspecified atom stereocenters. The predicted molar refractivity (Wildman–Crippen MR) is 93.0 cm³/mol. The van der Waals surface area contributed by atoms with Crippen molar-refractivity contribution < 1.29 is 5.11 Å². The molecule has 0 spiro atoms. The van der Waals surface area contributed by atoms with Crippen LogP contribution in [0.3, 0.4) is 0 Å². The standard InChI is InChI=1S/C16H22O.C3H8/c1-7-12(3)11-16(8-2)15(6)13(4)9-10-14(5)17;1-3-2/h9-11,17H,3-8H2,1-2H3;3H2,1-2H3/b10-9-,16-11-;. The van der Waals surface area contributed by atoms with Gasteiger partial charge in [-0.1, -0.05) is 78.2 Å². The van der Waals surface area contributed by atoms with E-state index in [1.54, 1.807) is 6.08 Å². The maximum atomic E-state index is 8.98. The number of rotatable bonds is 7. The lowest BCUT2D eigenvalue weighted by molar-refractivity contribution is 0.435. The molecule has 0 saturated heterocycles. The summed E-state index contributed by atoms with van der Waals surface area (Å²) in [6.45, 7) is 23.7. The summed E-state index contributed by atoms with van der Waals surface area (Å²) in [6.07, 6.45) is 8.32. The molecule has 0 aliphatic heterocycles. The minimum absolute atomic E-state index is 0.0129. The van der Waals surface area contributed by atoms with Crippen LogP contribution in [0.5, 0.6) is 0 Å². The van der Waals surface area contributed by atoms with Gasteiger partial charge < -0.3 is 5.11 Å². The van der Waals surface area contributed by atoms with Crippen LogP contribution >= 0.6 is 0 Å². The van der Waals surface area contributed by atoms with Crippen molar-refractivity contribution in [1.82, 2.24) is 0 Å². The van der Waals surface area contributed by atoms with E-state index in [1.807, 2.05) is 0 Å². The van der Waals surface area contributed by atoms with Crippen molar-refractivity contribution in [3.05, 3.63) is 72.6 Å². The monoisotopic (exact) mass is 274 g/mol.